The summed E-state index contributed by atoms with van der Waals surface area (Å²) in [7, 11) is 2.09. The zero-order chi connectivity index (χ0) is 13.8. The molecule has 1 aromatic rings. The maximum atomic E-state index is 11.3. The van der Waals surface area contributed by atoms with Gasteiger partial charge in [-0.2, -0.15) is 0 Å². The predicted octanol–water partition coefficient (Wildman–Crippen LogP) is 1.29. The Morgan fingerprint density at radius 1 is 1.58 bits per heavy atom. The van der Waals surface area contributed by atoms with E-state index in [4.69, 9.17) is 10.4 Å². The van der Waals surface area contributed by atoms with Crippen molar-refractivity contribution in [2.75, 3.05) is 7.05 Å². The quantitative estimate of drug-likeness (QED) is 0.487. The fourth-order valence-electron chi connectivity index (χ4n) is 2.88. The molecule has 106 valence electrons. The first-order chi connectivity index (χ1) is 9.11. The molecule has 6 nitrogen and oxygen atoms in total. The number of hydrogen-bond acceptors (Lipinski definition) is 5. The van der Waals surface area contributed by atoms with E-state index in [0.717, 1.165) is 0 Å². The van der Waals surface area contributed by atoms with Crippen molar-refractivity contribution in [3.63, 3.8) is 0 Å². The number of nitrogen functional groups attached to an aromatic ring is 1. The molecule has 1 aliphatic carbocycles. The molecule has 0 bridgehead atoms. The lowest BCUT2D eigenvalue weighted by Crippen LogP contribution is -2.38. The number of nitrogens with zero attached hydrogens (tertiary/aromatic N) is 2. The van der Waals surface area contributed by atoms with Crippen LogP contribution in [0.25, 0.3) is 0 Å². The maximum absolute atomic E-state index is 11.3. The van der Waals surface area contributed by atoms with Gasteiger partial charge in [0, 0.05) is 12.1 Å². The van der Waals surface area contributed by atoms with Crippen LogP contribution in [0.2, 0.25) is 0 Å². The molecule has 1 aliphatic rings. The third kappa shape index (κ3) is 3.33. The van der Waals surface area contributed by atoms with Crippen molar-refractivity contribution in [1.29, 1.82) is 0 Å². The van der Waals surface area contributed by atoms with Crippen molar-refractivity contribution in [2.45, 2.75) is 45.2 Å². The summed E-state index contributed by atoms with van der Waals surface area (Å²) in [6.45, 7) is 2.97. The zero-order valence-corrected chi connectivity index (χ0v) is 11.6. The van der Waals surface area contributed by atoms with Crippen molar-refractivity contribution in [3.05, 3.63) is 17.5 Å². The van der Waals surface area contributed by atoms with Crippen molar-refractivity contribution in [3.8, 4) is 0 Å². The SMILES string of the molecule is CC1CCCCC1N(C)Cc1cc(C(=O)NN)no1. The molecule has 0 aromatic carbocycles. The first-order valence-electron chi connectivity index (χ1n) is 6.78. The molecule has 19 heavy (non-hydrogen) atoms. The average Bonchev–Trinajstić information content (AvgIpc) is 2.86. The van der Waals surface area contributed by atoms with Crippen molar-refractivity contribution < 1.29 is 9.32 Å². The molecule has 0 saturated heterocycles. The number of amides is 1. The van der Waals surface area contributed by atoms with Crippen LogP contribution < -0.4 is 11.3 Å². The lowest BCUT2D eigenvalue weighted by atomic mass is 9.85. The van der Waals surface area contributed by atoms with E-state index in [1.54, 1.807) is 6.07 Å². The second-order valence-electron chi connectivity index (χ2n) is 5.40. The van der Waals surface area contributed by atoms with Crippen LogP contribution in [0.15, 0.2) is 10.6 Å². The maximum Gasteiger partial charge on any atom is 0.287 e. The lowest BCUT2D eigenvalue weighted by Gasteiger charge is -2.35. The van der Waals surface area contributed by atoms with Crippen LogP contribution in [0.4, 0.5) is 0 Å². The van der Waals surface area contributed by atoms with E-state index in [2.05, 4.69) is 24.0 Å². The largest absolute Gasteiger partial charge is 0.359 e. The molecule has 6 heteroatoms. The highest BCUT2D eigenvalue weighted by atomic mass is 16.5. The van der Waals surface area contributed by atoms with Crippen LogP contribution in [-0.4, -0.2) is 29.1 Å². The molecular formula is C13H22N4O2. The van der Waals surface area contributed by atoms with Gasteiger partial charge in [-0.1, -0.05) is 24.9 Å². The van der Waals surface area contributed by atoms with Crippen LogP contribution >= 0.6 is 0 Å². The minimum Gasteiger partial charge on any atom is -0.359 e. The van der Waals surface area contributed by atoms with E-state index in [1.165, 1.54) is 25.7 Å². The second-order valence-corrected chi connectivity index (χ2v) is 5.40. The second kappa shape index (κ2) is 6.16. The third-order valence-electron chi connectivity index (χ3n) is 3.96. The van der Waals surface area contributed by atoms with Crippen LogP contribution in [-0.2, 0) is 6.54 Å². The van der Waals surface area contributed by atoms with Crippen molar-refractivity contribution in [2.24, 2.45) is 11.8 Å². The van der Waals surface area contributed by atoms with Gasteiger partial charge in [0.2, 0.25) is 0 Å². The number of hydrogen-bond donors (Lipinski definition) is 2. The first kappa shape index (κ1) is 14.0. The highest BCUT2D eigenvalue weighted by Gasteiger charge is 2.25. The number of nitrogens with one attached hydrogen (secondary N) is 1. The number of aromatic nitrogens is 1. The molecule has 1 heterocycles. The molecule has 1 amide bonds. The number of nitrogens with two attached hydrogens (primary N) is 1. The summed E-state index contributed by atoms with van der Waals surface area (Å²) in [4.78, 5) is 13.6. The monoisotopic (exact) mass is 266 g/mol. The smallest absolute Gasteiger partial charge is 0.287 e. The highest BCUT2D eigenvalue weighted by molar-refractivity contribution is 5.91. The van der Waals surface area contributed by atoms with Gasteiger partial charge in [0.25, 0.3) is 5.91 Å². The van der Waals surface area contributed by atoms with Gasteiger partial charge >= 0.3 is 0 Å². The molecule has 3 N–H and O–H groups in total. The van der Waals surface area contributed by atoms with Gasteiger partial charge in [0.15, 0.2) is 11.5 Å². The lowest BCUT2D eigenvalue weighted by molar-refractivity contribution is 0.0944. The van der Waals surface area contributed by atoms with E-state index in [9.17, 15) is 4.79 Å². The number of carbonyl (C=O) groups is 1. The molecule has 2 atom stereocenters. The summed E-state index contributed by atoms with van der Waals surface area (Å²) in [6.07, 6.45) is 5.12. The molecule has 1 saturated carbocycles. The van der Waals surface area contributed by atoms with Gasteiger partial charge in [0.05, 0.1) is 6.54 Å². The number of hydrazine groups is 1. The minimum absolute atomic E-state index is 0.225. The Morgan fingerprint density at radius 2 is 2.32 bits per heavy atom. The molecule has 2 unspecified atom stereocenters. The van der Waals surface area contributed by atoms with E-state index in [1.807, 2.05) is 5.43 Å². The standard InChI is InChI=1S/C13H22N4O2/c1-9-5-3-4-6-12(9)17(2)8-10-7-11(16-19-10)13(18)15-14/h7,9,12H,3-6,8,14H2,1-2H3,(H,15,18). The van der Waals surface area contributed by atoms with Crippen molar-refractivity contribution >= 4 is 5.91 Å². The first-order valence-corrected chi connectivity index (χ1v) is 6.78. The Balaban J connectivity index is 1.96. The van der Waals surface area contributed by atoms with Gasteiger partial charge < -0.3 is 4.52 Å². The summed E-state index contributed by atoms with van der Waals surface area (Å²) in [5, 5.41) is 3.71. The van der Waals surface area contributed by atoms with E-state index >= 15 is 0 Å². The summed E-state index contributed by atoms with van der Waals surface area (Å²) >= 11 is 0. The number of carbonyl (C=O) groups excluding carboxylic acids is 1. The molecule has 2 rings (SSSR count). The van der Waals surface area contributed by atoms with Crippen molar-refractivity contribution in [1.82, 2.24) is 15.5 Å². The van der Waals surface area contributed by atoms with Gasteiger partial charge in [-0.25, -0.2) is 5.84 Å². The highest BCUT2D eigenvalue weighted by Crippen LogP contribution is 2.28. The van der Waals surface area contributed by atoms with E-state index < -0.39 is 5.91 Å². The molecule has 0 radical (unpaired) electrons. The molecule has 1 fully saturated rings. The van der Waals surface area contributed by atoms with Gasteiger partial charge in [-0.15, -0.1) is 0 Å². The molecular weight excluding hydrogens is 244 g/mol. The van der Waals surface area contributed by atoms with Gasteiger partial charge in [-0.05, 0) is 25.8 Å². The van der Waals surface area contributed by atoms with Crippen LogP contribution in [0.1, 0.15) is 48.9 Å². The topological polar surface area (TPSA) is 84.4 Å². The molecule has 0 aliphatic heterocycles. The number of rotatable bonds is 4. The molecule has 1 aromatic heterocycles. The Kier molecular flexibility index (Phi) is 4.55. The van der Waals surface area contributed by atoms with E-state index in [-0.39, 0.29) is 5.69 Å². The van der Waals surface area contributed by atoms with Crippen LogP contribution in [0.3, 0.4) is 0 Å². The summed E-state index contributed by atoms with van der Waals surface area (Å²) < 4.78 is 5.18. The fourth-order valence-corrected chi connectivity index (χ4v) is 2.88. The Labute approximate surface area is 113 Å². The summed E-state index contributed by atoms with van der Waals surface area (Å²) in [5.41, 5.74) is 2.27. The normalized spacial score (nSPS) is 23.6. The molecule has 0 spiro atoms. The zero-order valence-electron chi connectivity index (χ0n) is 11.6. The summed E-state index contributed by atoms with van der Waals surface area (Å²) in [5.74, 6) is 6.03. The van der Waals surface area contributed by atoms with Gasteiger partial charge in [0.1, 0.15) is 0 Å². The Hall–Kier alpha value is -1.40. The predicted molar refractivity (Wildman–Crippen MR) is 71.0 cm³/mol. The van der Waals surface area contributed by atoms with Gasteiger partial charge in [-0.3, -0.25) is 15.1 Å². The Morgan fingerprint density at radius 3 is 3.00 bits per heavy atom. The minimum atomic E-state index is -0.427. The average molecular weight is 266 g/mol. The van der Waals surface area contributed by atoms with Crippen LogP contribution in [0, 0.1) is 5.92 Å². The fraction of sp³-hybridized carbons (Fsp3) is 0.692. The third-order valence-corrected chi connectivity index (χ3v) is 3.96. The Bertz CT molecular complexity index is 432. The summed E-state index contributed by atoms with van der Waals surface area (Å²) in [6, 6.07) is 2.22. The van der Waals surface area contributed by atoms with E-state index in [0.29, 0.717) is 24.3 Å². The van der Waals surface area contributed by atoms with Crippen LogP contribution in [0.5, 0.6) is 0 Å².